The van der Waals surface area contributed by atoms with Crippen LogP contribution in [0.15, 0.2) is 12.4 Å². The maximum Gasteiger partial charge on any atom is 0.407 e. The van der Waals surface area contributed by atoms with Crippen molar-refractivity contribution >= 4 is 17.7 Å². The summed E-state index contributed by atoms with van der Waals surface area (Å²) in [5.74, 6) is 0.409. The van der Waals surface area contributed by atoms with E-state index >= 15 is 0 Å². The number of hydrogen-bond donors (Lipinski definition) is 1. The highest BCUT2D eigenvalue weighted by atomic mass is 35.5. The van der Waals surface area contributed by atoms with Gasteiger partial charge in [0.25, 0.3) is 0 Å². The second-order valence-corrected chi connectivity index (χ2v) is 7.28. The molecule has 128 valence electrons. The first-order valence-electron chi connectivity index (χ1n) is 7.98. The smallest absolute Gasteiger partial charge is 0.407 e. The van der Waals surface area contributed by atoms with Crippen molar-refractivity contribution in [2.75, 3.05) is 19.6 Å². The lowest BCUT2D eigenvalue weighted by molar-refractivity contribution is 0.0506. The number of hydrogen-bond acceptors (Lipinski definition) is 5. The highest BCUT2D eigenvalue weighted by Crippen LogP contribution is 2.19. The van der Waals surface area contributed by atoms with Crippen LogP contribution in [0.4, 0.5) is 4.79 Å². The summed E-state index contributed by atoms with van der Waals surface area (Å²) in [7, 11) is 0. The monoisotopic (exact) mass is 340 g/mol. The van der Waals surface area contributed by atoms with E-state index in [9.17, 15) is 4.79 Å². The second-order valence-electron chi connectivity index (χ2n) is 6.92. The zero-order chi connectivity index (χ0) is 16.9. The Kier molecular flexibility index (Phi) is 6.18. The van der Waals surface area contributed by atoms with E-state index in [-0.39, 0.29) is 6.09 Å². The summed E-state index contributed by atoms with van der Waals surface area (Å²) in [6.07, 6.45) is 5.09. The number of aromatic nitrogens is 2. The van der Waals surface area contributed by atoms with Crippen LogP contribution >= 0.6 is 11.6 Å². The van der Waals surface area contributed by atoms with E-state index in [0.717, 1.165) is 31.6 Å². The molecule has 23 heavy (non-hydrogen) atoms. The van der Waals surface area contributed by atoms with Gasteiger partial charge in [-0.05, 0) is 46.1 Å². The number of amides is 1. The van der Waals surface area contributed by atoms with E-state index in [2.05, 4.69) is 20.2 Å². The van der Waals surface area contributed by atoms with E-state index in [1.165, 1.54) is 0 Å². The first kappa shape index (κ1) is 17.9. The van der Waals surface area contributed by atoms with Gasteiger partial charge >= 0.3 is 6.09 Å². The van der Waals surface area contributed by atoms with Gasteiger partial charge in [-0.15, -0.1) is 0 Å². The van der Waals surface area contributed by atoms with Crippen LogP contribution in [0.3, 0.4) is 0 Å². The van der Waals surface area contributed by atoms with Crippen molar-refractivity contribution in [3.63, 3.8) is 0 Å². The molecule has 0 radical (unpaired) electrons. The van der Waals surface area contributed by atoms with Gasteiger partial charge in [-0.3, -0.25) is 9.88 Å². The molecule has 1 saturated heterocycles. The summed E-state index contributed by atoms with van der Waals surface area (Å²) in [5, 5.41) is 3.32. The van der Waals surface area contributed by atoms with Gasteiger partial charge in [0.2, 0.25) is 0 Å². The third-order valence-corrected chi connectivity index (χ3v) is 3.95. The molecule has 1 aromatic rings. The van der Waals surface area contributed by atoms with Crippen molar-refractivity contribution in [2.45, 2.75) is 45.8 Å². The summed E-state index contributed by atoms with van der Waals surface area (Å²) >= 11 is 6.07. The molecule has 1 aromatic heterocycles. The van der Waals surface area contributed by atoms with Crippen molar-refractivity contribution < 1.29 is 9.53 Å². The summed E-state index contributed by atoms with van der Waals surface area (Å²) in [6, 6.07) is 0. The fourth-order valence-electron chi connectivity index (χ4n) is 2.67. The Balaban J connectivity index is 1.79. The molecule has 0 saturated carbocycles. The fraction of sp³-hybridized carbons (Fsp3) is 0.688. The predicted molar refractivity (Wildman–Crippen MR) is 89.3 cm³/mol. The Hall–Kier alpha value is -1.40. The third-order valence-electron chi connectivity index (χ3n) is 3.63. The van der Waals surface area contributed by atoms with Gasteiger partial charge in [-0.25, -0.2) is 9.78 Å². The first-order valence-corrected chi connectivity index (χ1v) is 8.36. The van der Waals surface area contributed by atoms with Crippen LogP contribution in [-0.4, -0.2) is 46.2 Å². The topological polar surface area (TPSA) is 67.3 Å². The molecule has 6 nitrogen and oxygen atoms in total. The van der Waals surface area contributed by atoms with Crippen LogP contribution in [0.1, 0.15) is 39.3 Å². The van der Waals surface area contributed by atoms with Crippen molar-refractivity contribution in [1.29, 1.82) is 0 Å². The molecule has 0 aliphatic carbocycles. The minimum absolute atomic E-state index is 0.355. The minimum atomic E-state index is -0.467. The average Bonchev–Trinajstić information content (AvgIpc) is 2.46. The van der Waals surface area contributed by atoms with Gasteiger partial charge in [0.1, 0.15) is 5.60 Å². The lowest BCUT2D eigenvalue weighted by Gasteiger charge is -2.32. The van der Waals surface area contributed by atoms with Crippen LogP contribution in [-0.2, 0) is 11.3 Å². The number of piperidine rings is 1. The number of nitrogens with zero attached hydrogens (tertiary/aromatic N) is 3. The van der Waals surface area contributed by atoms with Gasteiger partial charge in [0.15, 0.2) is 5.15 Å². The number of carbonyl (C=O) groups is 1. The molecule has 7 heteroatoms. The molecule has 1 amide bonds. The van der Waals surface area contributed by atoms with E-state index < -0.39 is 5.60 Å². The van der Waals surface area contributed by atoms with Gasteiger partial charge in [0, 0.05) is 32.0 Å². The van der Waals surface area contributed by atoms with Crippen molar-refractivity contribution in [1.82, 2.24) is 20.2 Å². The average molecular weight is 341 g/mol. The summed E-state index contributed by atoms with van der Waals surface area (Å²) in [6.45, 7) is 8.81. The number of halogens is 1. The second kappa shape index (κ2) is 7.93. The van der Waals surface area contributed by atoms with E-state index in [0.29, 0.717) is 24.2 Å². The highest BCUT2D eigenvalue weighted by Gasteiger charge is 2.23. The Morgan fingerprint density at radius 1 is 1.43 bits per heavy atom. The van der Waals surface area contributed by atoms with Gasteiger partial charge in [-0.1, -0.05) is 11.6 Å². The van der Waals surface area contributed by atoms with Crippen molar-refractivity contribution in [2.24, 2.45) is 5.92 Å². The molecular formula is C16H25ClN4O2. The van der Waals surface area contributed by atoms with Crippen LogP contribution in [0.25, 0.3) is 0 Å². The summed E-state index contributed by atoms with van der Waals surface area (Å²) in [5.41, 5.74) is 0.334. The van der Waals surface area contributed by atoms with Gasteiger partial charge < -0.3 is 10.1 Å². The van der Waals surface area contributed by atoms with Gasteiger partial charge in [0.05, 0.1) is 5.69 Å². The Labute approximate surface area is 142 Å². The normalized spacial score (nSPS) is 19.4. The lowest BCUT2D eigenvalue weighted by atomic mass is 9.98. The Morgan fingerprint density at radius 2 is 2.17 bits per heavy atom. The van der Waals surface area contributed by atoms with Crippen LogP contribution < -0.4 is 5.32 Å². The van der Waals surface area contributed by atoms with Crippen LogP contribution in [0, 0.1) is 5.92 Å². The molecular weight excluding hydrogens is 316 g/mol. The predicted octanol–water partition coefficient (Wildman–Crippen LogP) is 2.87. The number of carbonyl (C=O) groups excluding carboxylic acids is 1. The van der Waals surface area contributed by atoms with Crippen LogP contribution in [0.5, 0.6) is 0 Å². The van der Waals surface area contributed by atoms with E-state index in [1.807, 2.05) is 20.8 Å². The Morgan fingerprint density at radius 3 is 2.87 bits per heavy atom. The third kappa shape index (κ3) is 6.31. The number of rotatable bonds is 4. The minimum Gasteiger partial charge on any atom is -0.444 e. The molecule has 1 aliphatic rings. The molecule has 1 atom stereocenters. The van der Waals surface area contributed by atoms with Crippen molar-refractivity contribution in [3.05, 3.63) is 23.2 Å². The summed E-state index contributed by atoms with van der Waals surface area (Å²) in [4.78, 5) is 22.4. The molecule has 0 aromatic carbocycles. The molecule has 1 N–H and O–H groups in total. The number of ether oxygens (including phenoxy) is 1. The molecule has 2 rings (SSSR count). The zero-order valence-corrected chi connectivity index (χ0v) is 14.8. The largest absolute Gasteiger partial charge is 0.444 e. The maximum atomic E-state index is 11.7. The molecule has 2 heterocycles. The Bertz CT molecular complexity index is 533. The first-order chi connectivity index (χ1) is 10.8. The summed E-state index contributed by atoms with van der Waals surface area (Å²) < 4.78 is 5.27. The number of alkyl carbamates (subject to hydrolysis) is 1. The van der Waals surface area contributed by atoms with E-state index in [1.54, 1.807) is 12.4 Å². The van der Waals surface area contributed by atoms with Gasteiger partial charge in [-0.2, -0.15) is 0 Å². The number of likely N-dealkylation sites (tertiary alicyclic amines) is 1. The maximum absolute atomic E-state index is 11.7. The number of nitrogens with one attached hydrogen (secondary N) is 1. The zero-order valence-electron chi connectivity index (χ0n) is 14.0. The molecule has 0 spiro atoms. The molecule has 1 unspecified atom stereocenters. The van der Waals surface area contributed by atoms with Crippen molar-refractivity contribution in [3.8, 4) is 0 Å². The van der Waals surface area contributed by atoms with Crippen LogP contribution in [0.2, 0.25) is 5.15 Å². The SMILES string of the molecule is CC(C)(C)OC(=O)NCC1CCCN(Cc2nccnc2Cl)C1. The molecule has 0 bridgehead atoms. The van der Waals surface area contributed by atoms with E-state index in [4.69, 9.17) is 16.3 Å². The molecule has 1 fully saturated rings. The highest BCUT2D eigenvalue weighted by molar-refractivity contribution is 6.29. The molecule has 1 aliphatic heterocycles. The lowest BCUT2D eigenvalue weighted by Crippen LogP contribution is -2.42. The quantitative estimate of drug-likeness (QED) is 0.912. The standard InChI is InChI=1S/C16H25ClN4O2/c1-16(2,3)23-15(22)20-9-12-5-4-8-21(10-12)11-13-14(17)19-7-6-18-13/h6-7,12H,4-5,8-11H2,1-3H3,(H,20,22). The fourth-order valence-corrected chi connectivity index (χ4v) is 2.84.